The average molecular weight is 265 g/mol. The largest absolute Gasteiger partial charge is 0.368 e. The molecular weight excluding hydrogens is 241 g/mol. The number of hydrogen-bond donors (Lipinski definition) is 1. The number of nitrogens with one attached hydrogen (secondary N) is 1. The molecule has 0 atom stereocenters. The molecule has 106 valence electrons. The van der Waals surface area contributed by atoms with Crippen molar-refractivity contribution in [3.63, 3.8) is 0 Å². The first-order valence-corrected chi connectivity index (χ1v) is 7.13. The molecule has 1 N–H and O–H groups in total. The fraction of sp³-hybridized carbons (Fsp3) is 0.600. The molecule has 1 saturated heterocycles. The van der Waals surface area contributed by atoms with Crippen LogP contribution in [0.3, 0.4) is 0 Å². The first kappa shape index (κ1) is 14.3. The summed E-state index contributed by atoms with van der Waals surface area (Å²) in [6, 6.07) is 5.61. The third-order valence-corrected chi connectivity index (χ3v) is 3.65. The highest BCUT2D eigenvalue weighted by Crippen LogP contribution is 2.21. The average Bonchev–Trinajstić information content (AvgIpc) is 2.61. The third-order valence-electron chi connectivity index (χ3n) is 3.65. The second kappa shape index (κ2) is 6.87. The standard InChI is InChI=1S/C15H24FN3/c1-3-17-12-13-5-6-15(14(16)11-13)19-8-4-7-18(2)9-10-19/h5-6,11,17H,3-4,7-10,12H2,1-2H3. The van der Waals surface area contributed by atoms with Crippen LogP contribution in [0.4, 0.5) is 10.1 Å². The van der Waals surface area contributed by atoms with Gasteiger partial charge in [-0.15, -0.1) is 0 Å². The molecule has 1 aliphatic heterocycles. The topological polar surface area (TPSA) is 18.5 Å². The lowest BCUT2D eigenvalue weighted by molar-refractivity contribution is 0.360. The van der Waals surface area contributed by atoms with Gasteiger partial charge in [0.25, 0.3) is 0 Å². The smallest absolute Gasteiger partial charge is 0.146 e. The van der Waals surface area contributed by atoms with Gasteiger partial charge in [0.2, 0.25) is 0 Å². The minimum absolute atomic E-state index is 0.0973. The van der Waals surface area contributed by atoms with Crippen molar-refractivity contribution in [2.24, 2.45) is 0 Å². The van der Waals surface area contributed by atoms with Gasteiger partial charge in [0.1, 0.15) is 5.82 Å². The van der Waals surface area contributed by atoms with Crippen LogP contribution in [0.5, 0.6) is 0 Å². The molecule has 0 amide bonds. The van der Waals surface area contributed by atoms with Crippen molar-refractivity contribution in [1.82, 2.24) is 10.2 Å². The molecule has 1 fully saturated rings. The van der Waals surface area contributed by atoms with Crippen LogP contribution in [0, 0.1) is 5.82 Å². The van der Waals surface area contributed by atoms with Gasteiger partial charge in [0.05, 0.1) is 5.69 Å². The van der Waals surface area contributed by atoms with E-state index in [-0.39, 0.29) is 5.82 Å². The first-order valence-electron chi connectivity index (χ1n) is 7.13. The van der Waals surface area contributed by atoms with Crippen molar-refractivity contribution in [2.75, 3.05) is 44.7 Å². The predicted molar refractivity (Wildman–Crippen MR) is 78.1 cm³/mol. The Kier molecular flexibility index (Phi) is 5.16. The highest BCUT2D eigenvalue weighted by molar-refractivity contribution is 5.49. The maximum absolute atomic E-state index is 14.2. The lowest BCUT2D eigenvalue weighted by atomic mass is 10.1. The Morgan fingerprint density at radius 2 is 2.05 bits per heavy atom. The zero-order chi connectivity index (χ0) is 13.7. The van der Waals surface area contributed by atoms with Crippen molar-refractivity contribution >= 4 is 5.69 Å². The van der Waals surface area contributed by atoms with Crippen molar-refractivity contribution in [3.8, 4) is 0 Å². The summed E-state index contributed by atoms with van der Waals surface area (Å²) in [5.41, 5.74) is 1.76. The molecule has 0 spiro atoms. The Labute approximate surface area is 115 Å². The highest BCUT2D eigenvalue weighted by Gasteiger charge is 2.15. The maximum atomic E-state index is 14.2. The third kappa shape index (κ3) is 3.91. The maximum Gasteiger partial charge on any atom is 0.146 e. The molecule has 19 heavy (non-hydrogen) atoms. The normalized spacial score (nSPS) is 17.5. The van der Waals surface area contributed by atoms with E-state index in [9.17, 15) is 4.39 Å². The predicted octanol–water partition coefficient (Wildman–Crippen LogP) is 2.08. The van der Waals surface area contributed by atoms with E-state index >= 15 is 0 Å². The molecule has 1 aromatic carbocycles. The fourth-order valence-electron chi connectivity index (χ4n) is 2.47. The van der Waals surface area contributed by atoms with E-state index in [1.165, 1.54) is 0 Å². The molecule has 3 nitrogen and oxygen atoms in total. The number of nitrogens with zero attached hydrogens (tertiary/aromatic N) is 2. The molecule has 0 radical (unpaired) electrons. The van der Waals surface area contributed by atoms with Gasteiger partial charge >= 0.3 is 0 Å². The minimum atomic E-state index is -0.0973. The summed E-state index contributed by atoms with van der Waals surface area (Å²) in [4.78, 5) is 4.47. The van der Waals surface area contributed by atoms with Gasteiger partial charge in [-0.2, -0.15) is 0 Å². The monoisotopic (exact) mass is 265 g/mol. The van der Waals surface area contributed by atoms with Gasteiger partial charge in [-0.05, 0) is 44.3 Å². The molecule has 0 unspecified atom stereocenters. The van der Waals surface area contributed by atoms with Gasteiger partial charge in [-0.1, -0.05) is 13.0 Å². The van der Waals surface area contributed by atoms with Gasteiger partial charge < -0.3 is 15.1 Å². The Morgan fingerprint density at radius 3 is 2.79 bits per heavy atom. The first-order chi connectivity index (χ1) is 9.20. The molecule has 1 heterocycles. The molecule has 0 saturated carbocycles. The molecule has 1 aliphatic rings. The van der Waals surface area contributed by atoms with Crippen LogP contribution in [0.1, 0.15) is 18.9 Å². The van der Waals surface area contributed by atoms with Crippen LogP contribution >= 0.6 is 0 Å². The summed E-state index contributed by atoms with van der Waals surface area (Å²) in [6.07, 6.45) is 1.09. The Balaban J connectivity index is 2.07. The molecule has 0 bridgehead atoms. The number of anilines is 1. The highest BCUT2D eigenvalue weighted by atomic mass is 19.1. The molecular formula is C15H24FN3. The van der Waals surface area contributed by atoms with E-state index in [0.717, 1.165) is 56.9 Å². The van der Waals surface area contributed by atoms with Gasteiger partial charge in [-0.25, -0.2) is 4.39 Å². The molecule has 0 aliphatic carbocycles. The summed E-state index contributed by atoms with van der Waals surface area (Å²) >= 11 is 0. The Hall–Kier alpha value is -1.13. The van der Waals surface area contributed by atoms with Crippen molar-refractivity contribution in [2.45, 2.75) is 19.9 Å². The van der Waals surface area contributed by atoms with E-state index in [1.807, 2.05) is 12.1 Å². The SMILES string of the molecule is CCNCc1ccc(N2CCCN(C)CC2)c(F)c1. The van der Waals surface area contributed by atoms with Gasteiger partial charge in [-0.3, -0.25) is 0 Å². The molecule has 0 aromatic heterocycles. The van der Waals surface area contributed by atoms with Crippen LogP contribution < -0.4 is 10.2 Å². The quantitative estimate of drug-likeness (QED) is 0.899. The van der Waals surface area contributed by atoms with Crippen LogP contribution in [0.15, 0.2) is 18.2 Å². The van der Waals surface area contributed by atoms with E-state index in [1.54, 1.807) is 6.07 Å². The van der Waals surface area contributed by atoms with E-state index in [0.29, 0.717) is 0 Å². The Bertz CT molecular complexity index is 408. The number of rotatable bonds is 4. The van der Waals surface area contributed by atoms with Crippen LogP contribution in [-0.2, 0) is 6.54 Å². The number of benzene rings is 1. The fourth-order valence-corrected chi connectivity index (χ4v) is 2.47. The van der Waals surface area contributed by atoms with E-state index in [2.05, 4.69) is 29.1 Å². The summed E-state index contributed by atoms with van der Waals surface area (Å²) in [5.74, 6) is -0.0973. The number of halogens is 1. The van der Waals surface area contributed by atoms with Gasteiger partial charge in [0.15, 0.2) is 0 Å². The number of likely N-dealkylation sites (N-methyl/N-ethyl adjacent to an activating group) is 1. The van der Waals surface area contributed by atoms with E-state index < -0.39 is 0 Å². The summed E-state index contributed by atoms with van der Waals surface area (Å²) < 4.78 is 14.2. The molecule has 1 aromatic rings. The molecule has 4 heteroatoms. The minimum Gasteiger partial charge on any atom is -0.368 e. The lowest BCUT2D eigenvalue weighted by Crippen LogP contribution is -2.29. The summed E-state index contributed by atoms with van der Waals surface area (Å²) in [5, 5.41) is 3.22. The van der Waals surface area contributed by atoms with Crippen LogP contribution in [-0.4, -0.2) is 44.7 Å². The van der Waals surface area contributed by atoms with Crippen LogP contribution in [0.2, 0.25) is 0 Å². The van der Waals surface area contributed by atoms with Crippen LogP contribution in [0.25, 0.3) is 0 Å². The molecule has 2 rings (SSSR count). The lowest BCUT2D eigenvalue weighted by Gasteiger charge is -2.23. The number of hydrogen-bond acceptors (Lipinski definition) is 3. The Morgan fingerprint density at radius 1 is 1.21 bits per heavy atom. The van der Waals surface area contributed by atoms with Crippen molar-refractivity contribution < 1.29 is 4.39 Å². The van der Waals surface area contributed by atoms with E-state index in [4.69, 9.17) is 0 Å². The second-order valence-electron chi connectivity index (χ2n) is 5.21. The summed E-state index contributed by atoms with van der Waals surface area (Å²) in [6.45, 7) is 7.62. The van der Waals surface area contributed by atoms with Gasteiger partial charge in [0, 0.05) is 26.2 Å². The summed E-state index contributed by atoms with van der Waals surface area (Å²) in [7, 11) is 2.12. The van der Waals surface area contributed by atoms with Crippen molar-refractivity contribution in [3.05, 3.63) is 29.6 Å². The van der Waals surface area contributed by atoms with Crippen molar-refractivity contribution in [1.29, 1.82) is 0 Å². The zero-order valence-corrected chi connectivity index (χ0v) is 12.0. The zero-order valence-electron chi connectivity index (χ0n) is 12.0. The second-order valence-corrected chi connectivity index (χ2v) is 5.21.